The SMILES string of the molecule is CCOC(=O)C(C(=O)OCC)C(=O)c1cccc(Cl)c1. The van der Waals surface area contributed by atoms with Crippen molar-refractivity contribution in [3.05, 3.63) is 34.9 Å². The van der Waals surface area contributed by atoms with Gasteiger partial charge < -0.3 is 9.47 Å². The Balaban J connectivity index is 3.06. The molecule has 1 aromatic rings. The summed E-state index contributed by atoms with van der Waals surface area (Å²) in [6.45, 7) is 3.31. The standard InChI is InChI=1S/C14H15ClO5/c1-3-19-13(17)11(14(18)20-4-2)12(16)9-6-5-7-10(15)8-9/h5-8,11H,3-4H2,1-2H3. The maximum absolute atomic E-state index is 12.3. The van der Waals surface area contributed by atoms with Crippen LogP contribution in [0.15, 0.2) is 24.3 Å². The van der Waals surface area contributed by atoms with Crippen molar-refractivity contribution >= 4 is 29.3 Å². The maximum atomic E-state index is 12.3. The molecule has 0 unspecified atom stereocenters. The summed E-state index contributed by atoms with van der Waals surface area (Å²) in [6.07, 6.45) is 0. The summed E-state index contributed by atoms with van der Waals surface area (Å²) in [5.41, 5.74) is 0.156. The fourth-order valence-corrected chi connectivity index (χ4v) is 1.76. The normalized spacial score (nSPS) is 10.2. The molecule has 108 valence electrons. The summed E-state index contributed by atoms with van der Waals surface area (Å²) in [5.74, 6) is -4.15. The first-order valence-electron chi connectivity index (χ1n) is 6.14. The van der Waals surface area contributed by atoms with Crippen LogP contribution in [0.1, 0.15) is 24.2 Å². The minimum atomic E-state index is -1.62. The van der Waals surface area contributed by atoms with E-state index in [1.54, 1.807) is 26.0 Å². The van der Waals surface area contributed by atoms with E-state index in [1.807, 2.05) is 0 Å². The fraction of sp³-hybridized carbons (Fsp3) is 0.357. The van der Waals surface area contributed by atoms with Gasteiger partial charge in [-0.15, -0.1) is 0 Å². The van der Waals surface area contributed by atoms with Gasteiger partial charge in [0.05, 0.1) is 13.2 Å². The van der Waals surface area contributed by atoms with Crippen LogP contribution in [0.4, 0.5) is 0 Å². The van der Waals surface area contributed by atoms with Gasteiger partial charge in [0, 0.05) is 10.6 Å². The summed E-state index contributed by atoms with van der Waals surface area (Å²) >= 11 is 5.79. The van der Waals surface area contributed by atoms with Gasteiger partial charge in [-0.2, -0.15) is 0 Å². The average molecular weight is 299 g/mol. The Bertz CT molecular complexity index is 494. The molecule has 1 rings (SSSR count). The summed E-state index contributed by atoms with van der Waals surface area (Å²) in [4.78, 5) is 35.8. The third kappa shape index (κ3) is 4.06. The van der Waals surface area contributed by atoms with Gasteiger partial charge in [0.1, 0.15) is 0 Å². The number of rotatable bonds is 6. The molecule has 0 aliphatic carbocycles. The zero-order chi connectivity index (χ0) is 15.1. The molecular formula is C14H15ClO5. The summed E-state index contributed by atoms with van der Waals surface area (Å²) in [7, 11) is 0. The second kappa shape index (κ2) is 7.65. The van der Waals surface area contributed by atoms with E-state index in [1.165, 1.54) is 12.1 Å². The van der Waals surface area contributed by atoms with Crippen molar-refractivity contribution in [1.29, 1.82) is 0 Å². The maximum Gasteiger partial charge on any atom is 0.328 e. The molecule has 0 saturated carbocycles. The number of hydrogen-bond donors (Lipinski definition) is 0. The van der Waals surface area contributed by atoms with E-state index in [-0.39, 0.29) is 18.8 Å². The predicted molar refractivity (Wildman–Crippen MR) is 72.5 cm³/mol. The monoisotopic (exact) mass is 298 g/mol. The topological polar surface area (TPSA) is 69.7 Å². The number of benzene rings is 1. The molecular weight excluding hydrogens is 284 g/mol. The number of ether oxygens (including phenoxy) is 2. The number of Topliss-reactive ketones (excluding diaryl/α,β-unsaturated/α-hetero) is 1. The molecule has 0 N–H and O–H groups in total. The molecule has 5 nitrogen and oxygen atoms in total. The van der Waals surface area contributed by atoms with Gasteiger partial charge >= 0.3 is 11.9 Å². The lowest BCUT2D eigenvalue weighted by molar-refractivity contribution is -0.158. The zero-order valence-electron chi connectivity index (χ0n) is 11.2. The molecule has 0 bridgehead atoms. The lowest BCUT2D eigenvalue weighted by Crippen LogP contribution is -2.35. The highest BCUT2D eigenvalue weighted by Crippen LogP contribution is 2.17. The third-order valence-corrected chi connectivity index (χ3v) is 2.65. The van der Waals surface area contributed by atoms with Gasteiger partial charge in [-0.25, -0.2) is 0 Å². The second-order valence-electron chi connectivity index (χ2n) is 3.81. The number of hydrogen-bond acceptors (Lipinski definition) is 5. The molecule has 20 heavy (non-hydrogen) atoms. The molecule has 0 spiro atoms. The second-order valence-corrected chi connectivity index (χ2v) is 4.25. The quantitative estimate of drug-likeness (QED) is 0.458. The number of esters is 2. The van der Waals surface area contributed by atoms with Gasteiger partial charge in [0.15, 0.2) is 5.78 Å². The van der Waals surface area contributed by atoms with Crippen LogP contribution in [-0.2, 0) is 19.1 Å². The van der Waals surface area contributed by atoms with Crippen LogP contribution < -0.4 is 0 Å². The van der Waals surface area contributed by atoms with Gasteiger partial charge in [-0.1, -0.05) is 23.7 Å². The fourth-order valence-electron chi connectivity index (χ4n) is 1.57. The molecule has 0 radical (unpaired) electrons. The van der Waals surface area contributed by atoms with E-state index in [0.717, 1.165) is 0 Å². The smallest absolute Gasteiger partial charge is 0.328 e. The van der Waals surface area contributed by atoms with Crippen molar-refractivity contribution in [2.75, 3.05) is 13.2 Å². The summed E-state index contributed by atoms with van der Waals surface area (Å²) in [5, 5.41) is 0.335. The molecule has 0 aromatic heterocycles. The van der Waals surface area contributed by atoms with Crippen LogP contribution in [-0.4, -0.2) is 30.9 Å². The minimum absolute atomic E-state index is 0.0670. The third-order valence-electron chi connectivity index (χ3n) is 2.42. The van der Waals surface area contributed by atoms with E-state index in [2.05, 4.69) is 0 Å². The number of carbonyl (C=O) groups excluding carboxylic acids is 3. The van der Waals surface area contributed by atoms with Crippen molar-refractivity contribution in [3.63, 3.8) is 0 Å². The van der Waals surface area contributed by atoms with E-state index in [9.17, 15) is 14.4 Å². The van der Waals surface area contributed by atoms with Crippen LogP contribution in [0.2, 0.25) is 5.02 Å². The summed E-state index contributed by atoms with van der Waals surface area (Å²) in [6, 6.07) is 6.00. The number of carbonyl (C=O) groups is 3. The van der Waals surface area contributed by atoms with Gasteiger partial charge in [0.25, 0.3) is 0 Å². The van der Waals surface area contributed by atoms with Crippen molar-refractivity contribution in [2.45, 2.75) is 13.8 Å². The van der Waals surface area contributed by atoms with Crippen LogP contribution in [0, 0.1) is 5.92 Å². The lowest BCUT2D eigenvalue weighted by Gasteiger charge is -2.13. The van der Waals surface area contributed by atoms with E-state index < -0.39 is 23.6 Å². The van der Waals surface area contributed by atoms with Crippen molar-refractivity contribution in [3.8, 4) is 0 Å². The number of halogens is 1. The van der Waals surface area contributed by atoms with E-state index in [4.69, 9.17) is 21.1 Å². The average Bonchev–Trinajstić information content (AvgIpc) is 2.39. The van der Waals surface area contributed by atoms with Gasteiger partial charge in [-0.3, -0.25) is 14.4 Å². The zero-order valence-corrected chi connectivity index (χ0v) is 12.0. The predicted octanol–water partition coefficient (Wildman–Crippen LogP) is 2.27. The molecule has 0 heterocycles. The number of ketones is 1. The highest BCUT2D eigenvalue weighted by Gasteiger charge is 2.37. The Morgan fingerprint density at radius 3 is 2.10 bits per heavy atom. The largest absolute Gasteiger partial charge is 0.465 e. The van der Waals surface area contributed by atoms with Crippen molar-refractivity contribution < 1.29 is 23.9 Å². The van der Waals surface area contributed by atoms with Crippen LogP contribution in [0.3, 0.4) is 0 Å². The molecule has 6 heteroatoms. The lowest BCUT2D eigenvalue weighted by atomic mass is 9.98. The molecule has 1 aromatic carbocycles. The summed E-state index contributed by atoms with van der Waals surface area (Å²) < 4.78 is 9.50. The Morgan fingerprint density at radius 2 is 1.65 bits per heavy atom. The van der Waals surface area contributed by atoms with Crippen LogP contribution >= 0.6 is 11.6 Å². The van der Waals surface area contributed by atoms with Crippen molar-refractivity contribution in [2.24, 2.45) is 5.92 Å². The highest BCUT2D eigenvalue weighted by molar-refractivity contribution is 6.31. The Morgan fingerprint density at radius 1 is 1.10 bits per heavy atom. The minimum Gasteiger partial charge on any atom is -0.465 e. The molecule has 0 aliphatic rings. The molecule has 0 aliphatic heterocycles. The molecule has 0 atom stereocenters. The molecule has 0 amide bonds. The van der Waals surface area contributed by atoms with Crippen LogP contribution in [0.5, 0.6) is 0 Å². The first-order valence-corrected chi connectivity index (χ1v) is 6.52. The molecule has 0 fully saturated rings. The first kappa shape index (κ1) is 16.2. The van der Waals surface area contributed by atoms with Crippen LogP contribution in [0.25, 0.3) is 0 Å². The van der Waals surface area contributed by atoms with Crippen molar-refractivity contribution in [1.82, 2.24) is 0 Å². The van der Waals surface area contributed by atoms with Gasteiger partial charge in [-0.05, 0) is 26.0 Å². The van der Waals surface area contributed by atoms with E-state index >= 15 is 0 Å². The Hall–Kier alpha value is -1.88. The Labute approximate surface area is 121 Å². The Kier molecular flexibility index (Phi) is 6.18. The van der Waals surface area contributed by atoms with Gasteiger partial charge in [0.2, 0.25) is 5.92 Å². The first-order chi connectivity index (χ1) is 9.51. The molecule has 0 saturated heterocycles. The highest BCUT2D eigenvalue weighted by atomic mass is 35.5. The van der Waals surface area contributed by atoms with E-state index in [0.29, 0.717) is 5.02 Å².